The zero-order chi connectivity index (χ0) is 12.1. The molecule has 1 unspecified atom stereocenters. The summed E-state index contributed by atoms with van der Waals surface area (Å²) in [5, 5.41) is 12.9. The molecule has 0 bridgehead atoms. The monoisotopic (exact) mass is 259 g/mol. The largest absolute Gasteiger partial charge is 0.473 e. The van der Waals surface area contributed by atoms with E-state index < -0.39 is 6.10 Å². The quantitative estimate of drug-likeness (QED) is 0.712. The second kappa shape index (κ2) is 5.72. The van der Waals surface area contributed by atoms with Crippen molar-refractivity contribution in [1.29, 1.82) is 0 Å². The lowest BCUT2D eigenvalue weighted by atomic mass is 9.89. The van der Waals surface area contributed by atoms with Crippen LogP contribution >= 0.6 is 11.7 Å². The van der Waals surface area contributed by atoms with Crippen LogP contribution in [0.2, 0.25) is 0 Å². The van der Waals surface area contributed by atoms with E-state index in [0.717, 1.165) is 31.5 Å². The highest BCUT2D eigenvalue weighted by molar-refractivity contribution is 6.99. The van der Waals surface area contributed by atoms with Gasteiger partial charge in [0.2, 0.25) is 5.88 Å². The maximum absolute atomic E-state index is 9.67. The van der Waals surface area contributed by atoms with Crippen molar-refractivity contribution in [3.63, 3.8) is 0 Å². The number of aromatic nitrogens is 2. The number of ether oxygens (including phenoxy) is 2. The Bertz CT molecular complexity index is 330. The van der Waals surface area contributed by atoms with Crippen molar-refractivity contribution in [2.75, 3.05) is 32.9 Å². The first-order valence-corrected chi connectivity index (χ1v) is 6.28. The number of nitrogens with zero attached hydrogens (tertiary/aromatic N) is 2. The lowest BCUT2D eigenvalue weighted by Crippen LogP contribution is -2.48. The Balaban J connectivity index is 1.56. The van der Waals surface area contributed by atoms with Gasteiger partial charge in [-0.15, -0.1) is 4.37 Å². The second-order valence-electron chi connectivity index (χ2n) is 4.64. The summed E-state index contributed by atoms with van der Waals surface area (Å²) in [4.78, 5) is 0. The van der Waals surface area contributed by atoms with E-state index in [4.69, 9.17) is 9.47 Å². The van der Waals surface area contributed by atoms with Crippen LogP contribution in [-0.4, -0.2) is 52.9 Å². The number of hydrogen-bond donors (Lipinski definition) is 2. The number of nitrogens with one attached hydrogen (secondary N) is 1. The fourth-order valence-electron chi connectivity index (χ4n) is 1.55. The lowest BCUT2D eigenvalue weighted by Gasteiger charge is -2.38. The maximum atomic E-state index is 9.67. The van der Waals surface area contributed by atoms with Gasteiger partial charge in [-0.25, -0.2) is 0 Å². The van der Waals surface area contributed by atoms with Gasteiger partial charge in [-0.1, -0.05) is 6.92 Å². The molecule has 0 aliphatic carbocycles. The minimum atomic E-state index is -0.540. The van der Waals surface area contributed by atoms with Gasteiger partial charge in [0.25, 0.3) is 0 Å². The van der Waals surface area contributed by atoms with Crippen LogP contribution in [0.25, 0.3) is 0 Å². The summed E-state index contributed by atoms with van der Waals surface area (Å²) < 4.78 is 18.1. The van der Waals surface area contributed by atoms with Gasteiger partial charge in [-0.3, -0.25) is 0 Å². The molecule has 1 aromatic rings. The van der Waals surface area contributed by atoms with Crippen LogP contribution in [0.3, 0.4) is 0 Å². The molecule has 1 aromatic heterocycles. The Morgan fingerprint density at radius 2 is 2.53 bits per heavy atom. The average molecular weight is 259 g/mol. The molecule has 7 heteroatoms. The third-order valence-electron chi connectivity index (χ3n) is 2.60. The standard InChI is InChI=1S/C10H17N3O3S/c1-10(6-15-7-10)5-11-2-8(14)4-16-9-3-12-17-13-9/h3,8,11,14H,2,4-7H2,1H3. The van der Waals surface area contributed by atoms with Gasteiger partial charge in [0, 0.05) is 18.5 Å². The lowest BCUT2D eigenvalue weighted by molar-refractivity contribution is -0.0997. The first-order chi connectivity index (χ1) is 8.18. The van der Waals surface area contributed by atoms with Crippen molar-refractivity contribution in [3.8, 4) is 5.88 Å². The highest BCUT2D eigenvalue weighted by Crippen LogP contribution is 2.24. The molecular formula is C10H17N3O3S. The van der Waals surface area contributed by atoms with Gasteiger partial charge in [0.05, 0.1) is 24.9 Å². The third kappa shape index (κ3) is 3.88. The topological polar surface area (TPSA) is 76.5 Å². The summed E-state index contributed by atoms with van der Waals surface area (Å²) in [6, 6.07) is 0. The molecule has 0 aromatic carbocycles. The van der Waals surface area contributed by atoms with Crippen molar-refractivity contribution in [2.24, 2.45) is 5.41 Å². The molecule has 1 fully saturated rings. The Morgan fingerprint density at radius 3 is 3.12 bits per heavy atom. The molecule has 96 valence electrons. The zero-order valence-electron chi connectivity index (χ0n) is 9.76. The van der Waals surface area contributed by atoms with Crippen LogP contribution in [0.15, 0.2) is 6.20 Å². The van der Waals surface area contributed by atoms with Gasteiger partial charge in [-0.05, 0) is 0 Å². The third-order valence-corrected chi connectivity index (χ3v) is 3.06. The molecule has 2 N–H and O–H groups in total. The SMILES string of the molecule is CC1(CNCC(O)COc2cnsn2)COC1. The van der Waals surface area contributed by atoms with Crippen molar-refractivity contribution in [2.45, 2.75) is 13.0 Å². The van der Waals surface area contributed by atoms with Crippen LogP contribution in [-0.2, 0) is 4.74 Å². The smallest absolute Gasteiger partial charge is 0.245 e. The normalized spacial score (nSPS) is 19.6. The zero-order valence-corrected chi connectivity index (χ0v) is 10.6. The molecule has 1 aliphatic rings. The molecule has 0 radical (unpaired) electrons. The second-order valence-corrected chi connectivity index (χ2v) is 5.20. The predicted octanol–water partition coefficient (Wildman–Crippen LogP) is -0.0961. The summed E-state index contributed by atoms with van der Waals surface area (Å²) in [6.45, 7) is 5.32. The first-order valence-electron chi connectivity index (χ1n) is 5.55. The van der Waals surface area contributed by atoms with Crippen LogP contribution in [0.1, 0.15) is 6.92 Å². The molecule has 1 atom stereocenters. The van der Waals surface area contributed by atoms with Gasteiger partial charge in [0.1, 0.15) is 18.9 Å². The molecular weight excluding hydrogens is 242 g/mol. The minimum absolute atomic E-state index is 0.222. The fraction of sp³-hybridized carbons (Fsp3) is 0.800. The highest BCUT2D eigenvalue weighted by Gasteiger charge is 2.32. The predicted molar refractivity (Wildman–Crippen MR) is 63.2 cm³/mol. The van der Waals surface area contributed by atoms with Crippen molar-refractivity contribution in [3.05, 3.63) is 6.20 Å². The Morgan fingerprint density at radius 1 is 1.71 bits per heavy atom. The Labute approximate surface area is 104 Å². The highest BCUT2D eigenvalue weighted by atomic mass is 32.1. The van der Waals surface area contributed by atoms with E-state index in [1.807, 2.05) is 0 Å². The molecule has 1 saturated heterocycles. The number of aliphatic hydroxyl groups is 1. The fourth-order valence-corrected chi connectivity index (χ4v) is 1.92. The number of aliphatic hydroxyl groups excluding tert-OH is 1. The van der Waals surface area contributed by atoms with E-state index in [-0.39, 0.29) is 12.0 Å². The Kier molecular flexibility index (Phi) is 4.27. The van der Waals surface area contributed by atoms with Crippen LogP contribution < -0.4 is 10.1 Å². The van der Waals surface area contributed by atoms with E-state index in [1.54, 1.807) is 0 Å². The van der Waals surface area contributed by atoms with Gasteiger partial charge in [-0.2, -0.15) is 4.37 Å². The molecule has 0 spiro atoms. The number of rotatable bonds is 7. The van der Waals surface area contributed by atoms with E-state index in [1.165, 1.54) is 6.20 Å². The van der Waals surface area contributed by atoms with Crippen molar-refractivity contribution >= 4 is 11.7 Å². The van der Waals surface area contributed by atoms with E-state index in [0.29, 0.717) is 12.4 Å². The van der Waals surface area contributed by atoms with Crippen molar-refractivity contribution < 1.29 is 14.6 Å². The van der Waals surface area contributed by atoms with Crippen LogP contribution in [0, 0.1) is 5.41 Å². The van der Waals surface area contributed by atoms with Gasteiger partial charge >= 0.3 is 0 Å². The summed E-state index contributed by atoms with van der Waals surface area (Å²) >= 11 is 1.09. The Hall–Kier alpha value is -0.760. The molecule has 0 saturated carbocycles. The van der Waals surface area contributed by atoms with Gasteiger partial charge in [0.15, 0.2) is 0 Å². The molecule has 2 rings (SSSR count). The molecule has 0 amide bonds. The molecule has 17 heavy (non-hydrogen) atoms. The maximum Gasteiger partial charge on any atom is 0.245 e. The van der Waals surface area contributed by atoms with E-state index in [9.17, 15) is 5.11 Å². The van der Waals surface area contributed by atoms with Gasteiger partial charge < -0.3 is 19.9 Å². The van der Waals surface area contributed by atoms with Crippen molar-refractivity contribution in [1.82, 2.24) is 14.1 Å². The minimum Gasteiger partial charge on any atom is -0.473 e. The number of hydrogen-bond acceptors (Lipinski definition) is 7. The average Bonchev–Trinajstić information content (AvgIpc) is 2.77. The van der Waals surface area contributed by atoms with E-state index in [2.05, 4.69) is 21.0 Å². The van der Waals surface area contributed by atoms with Crippen LogP contribution in [0.5, 0.6) is 5.88 Å². The summed E-state index contributed by atoms with van der Waals surface area (Å²) in [6.07, 6.45) is 0.999. The van der Waals surface area contributed by atoms with Crippen LogP contribution in [0.4, 0.5) is 0 Å². The summed E-state index contributed by atoms with van der Waals surface area (Å²) in [5.41, 5.74) is 0.222. The summed E-state index contributed by atoms with van der Waals surface area (Å²) in [7, 11) is 0. The molecule has 6 nitrogen and oxygen atoms in total. The molecule has 2 heterocycles. The van der Waals surface area contributed by atoms with E-state index >= 15 is 0 Å². The summed E-state index contributed by atoms with van der Waals surface area (Å²) in [5.74, 6) is 0.466. The first kappa shape index (κ1) is 12.7. The molecule has 1 aliphatic heterocycles.